The van der Waals surface area contributed by atoms with Crippen molar-refractivity contribution < 1.29 is 23.8 Å². The van der Waals surface area contributed by atoms with Gasteiger partial charge in [-0.25, -0.2) is 4.79 Å². The van der Waals surface area contributed by atoms with Crippen LogP contribution in [0.15, 0.2) is 54.7 Å². The maximum absolute atomic E-state index is 12.0. The minimum absolute atomic E-state index is 0.0111. The van der Waals surface area contributed by atoms with E-state index in [2.05, 4.69) is 74.8 Å². The number of carbonyl (C=O) groups is 1. The van der Waals surface area contributed by atoms with Crippen molar-refractivity contribution in [3.8, 4) is 11.5 Å². The number of rotatable bonds is 14. The summed E-state index contributed by atoms with van der Waals surface area (Å²) >= 11 is 0. The first-order valence-electron chi connectivity index (χ1n) is 14.7. The van der Waals surface area contributed by atoms with Crippen LogP contribution in [-0.2, 0) is 23.8 Å². The Morgan fingerprint density at radius 3 is 2.15 bits per heavy atom. The third-order valence-corrected chi connectivity index (χ3v) is 13.2. The number of nitrogens with zero attached hydrogens (tertiary/aromatic N) is 1. The summed E-state index contributed by atoms with van der Waals surface area (Å²) in [5, 5.41) is 9.83. The van der Waals surface area contributed by atoms with E-state index in [9.17, 15) is 9.90 Å². The van der Waals surface area contributed by atoms with Gasteiger partial charge in [0.05, 0.1) is 25.9 Å². The summed E-state index contributed by atoms with van der Waals surface area (Å²) in [6, 6.07) is 16.5. The number of hydrogen-bond donors (Lipinski definition) is 1. The first-order valence-corrected chi connectivity index (χ1v) is 17.6. The Balaban J connectivity index is 2.13. The highest BCUT2D eigenvalue weighted by molar-refractivity contribution is 6.74. The highest BCUT2D eigenvalue weighted by Gasteiger charge is 2.41. The Labute approximate surface area is 247 Å². The number of hydrogen-bond acceptors (Lipinski definition) is 4. The minimum Gasteiger partial charge on any atom is -0.496 e. The van der Waals surface area contributed by atoms with E-state index in [1.54, 1.807) is 20.3 Å². The Kier molecular flexibility index (Phi) is 10.9. The van der Waals surface area contributed by atoms with Crippen LogP contribution >= 0.6 is 0 Å². The summed E-state index contributed by atoms with van der Waals surface area (Å²) in [6.45, 7) is 16.0. The molecule has 0 unspecified atom stereocenters. The molecule has 0 aliphatic carbocycles. The quantitative estimate of drug-likeness (QED) is 0.194. The van der Waals surface area contributed by atoms with Gasteiger partial charge in [-0.05, 0) is 80.1 Å². The molecule has 1 N–H and O–H groups in total. The van der Waals surface area contributed by atoms with Gasteiger partial charge >= 0.3 is 5.97 Å². The summed E-state index contributed by atoms with van der Waals surface area (Å²) < 4.78 is 21.0. The first kappa shape index (κ1) is 32.5. The van der Waals surface area contributed by atoms with Crippen molar-refractivity contribution in [2.75, 3.05) is 14.2 Å². The van der Waals surface area contributed by atoms with Crippen LogP contribution in [0.4, 0.5) is 0 Å². The molecule has 0 aliphatic heterocycles. The molecular weight excluding hydrogens is 530 g/mol. The number of aromatic carboxylic acids is 1. The average Bonchev–Trinajstić information content (AvgIpc) is 3.34. The van der Waals surface area contributed by atoms with Crippen molar-refractivity contribution in [2.24, 2.45) is 5.92 Å². The average molecular weight is 580 g/mol. The molecular formula is C34H49NO5Si. The molecule has 224 valence electrons. The Morgan fingerprint density at radius 1 is 1.02 bits per heavy atom. The van der Waals surface area contributed by atoms with Crippen molar-refractivity contribution in [3.05, 3.63) is 82.7 Å². The molecule has 0 saturated carbocycles. The van der Waals surface area contributed by atoms with Crippen LogP contribution in [0.25, 0.3) is 0 Å². The normalized spacial score (nSPS) is 13.6. The Morgan fingerprint density at radius 2 is 1.63 bits per heavy atom. The minimum atomic E-state index is -2.22. The lowest BCUT2D eigenvalue weighted by Crippen LogP contribution is -2.43. The molecule has 2 atom stereocenters. The predicted molar refractivity (Wildman–Crippen MR) is 169 cm³/mol. The molecule has 3 rings (SSSR count). The molecule has 3 aromatic rings. The van der Waals surface area contributed by atoms with Crippen LogP contribution in [0.3, 0.4) is 0 Å². The number of aryl methyl sites for hydroxylation is 1. The smallest absolute Gasteiger partial charge is 0.337 e. The standard InChI is InChI=1S/C34H49NO5Si/c1-10-29-28(33(36)37)19-20-35(29)23-26(18-14-17-25-15-12-11-13-16-25)32(40-41(8,9)34(3,4)5)27-21-30(38-6)24(2)31(22-27)39-7/h11-13,15-16,19-22,26,32H,10,14,17-18,23H2,1-9H3,(H,36,37)/t26-,32-/m0/s1. The number of benzene rings is 2. The van der Waals surface area contributed by atoms with Gasteiger partial charge in [0.15, 0.2) is 8.32 Å². The molecule has 0 radical (unpaired) electrons. The highest BCUT2D eigenvalue weighted by Crippen LogP contribution is 2.45. The maximum Gasteiger partial charge on any atom is 0.337 e. The van der Waals surface area contributed by atoms with E-state index in [-0.39, 0.29) is 17.1 Å². The van der Waals surface area contributed by atoms with E-state index in [0.29, 0.717) is 18.5 Å². The van der Waals surface area contributed by atoms with E-state index < -0.39 is 14.3 Å². The molecule has 1 aromatic heterocycles. The van der Waals surface area contributed by atoms with E-state index in [1.165, 1.54) is 5.56 Å². The van der Waals surface area contributed by atoms with Crippen LogP contribution in [0.1, 0.15) is 79.4 Å². The molecule has 6 nitrogen and oxygen atoms in total. The highest BCUT2D eigenvalue weighted by atomic mass is 28.4. The molecule has 0 aliphatic rings. The van der Waals surface area contributed by atoms with Crippen LogP contribution < -0.4 is 9.47 Å². The van der Waals surface area contributed by atoms with Gasteiger partial charge in [-0.1, -0.05) is 58.0 Å². The summed E-state index contributed by atoms with van der Waals surface area (Å²) in [5.74, 6) is 0.747. The third-order valence-electron chi connectivity index (χ3n) is 8.72. The molecule has 0 bridgehead atoms. The number of carboxylic acid groups (broad SMARTS) is 1. The molecule has 7 heteroatoms. The van der Waals surface area contributed by atoms with Crippen molar-refractivity contribution in [2.45, 2.75) is 91.1 Å². The SMILES string of the molecule is CCc1c(C(=O)O)ccn1C[C@H](CCCc1ccccc1)[C@H](O[Si](C)(C)C(C)(C)C)c1cc(OC)c(C)c(OC)c1. The summed E-state index contributed by atoms with van der Waals surface area (Å²) in [5.41, 5.74) is 4.51. The van der Waals surface area contributed by atoms with Crippen molar-refractivity contribution in [3.63, 3.8) is 0 Å². The maximum atomic E-state index is 12.0. The zero-order chi connectivity index (χ0) is 30.4. The molecule has 0 fully saturated rings. The van der Waals surface area contributed by atoms with Crippen LogP contribution in [-0.4, -0.2) is 38.2 Å². The summed E-state index contributed by atoms with van der Waals surface area (Å²) in [7, 11) is 1.15. The third kappa shape index (κ3) is 7.83. The lowest BCUT2D eigenvalue weighted by atomic mass is 9.89. The van der Waals surface area contributed by atoms with Gasteiger partial charge < -0.3 is 23.6 Å². The summed E-state index contributed by atoms with van der Waals surface area (Å²) in [4.78, 5) is 12.0. The molecule has 1 heterocycles. The zero-order valence-electron chi connectivity index (χ0n) is 26.4. The fourth-order valence-electron chi connectivity index (χ4n) is 5.27. The topological polar surface area (TPSA) is 69.9 Å². The van der Waals surface area contributed by atoms with Gasteiger partial charge in [0, 0.05) is 29.9 Å². The summed E-state index contributed by atoms with van der Waals surface area (Å²) in [6.07, 6.45) is 5.21. The van der Waals surface area contributed by atoms with E-state index in [0.717, 1.165) is 47.6 Å². The number of aromatic nitrogens is 1. The van der Waals surface area contributed by atoms with Gasteiger partial charge in [-0.3, -0.25) is 0 Å². The predicted octanol–water partition coefficient (Wildman–Crippen LogP) is 8.48. The van der Waals surface area contributed by atoms with Crippen LogP contribution in [0, 0.1) is 12.8 Å². The number of methoxy groups -OCH3 is 2. The van der Waals surface area contributed by atoms with Crippen molar-refractivity contribution in [1.82, 2.24) is 4.57 Å². The first-order chi connectivity index (χ1) is 19.3. The van der Waals surface area contributed by atoms with E-state index in [4.69, 9.17) is 13.9 Å². The molecule has 41 heavy (non-hydrogen) atoms. The largest absolute Gasteiger partial charge is 0.496 e. The number of carboxylic acids is 1. The van der Waals surface area contributed by atoms with E-state index in [1.807, 2.05) is 26.1 Å². The second-order valence-electron chi connectivity index (χ2n) is 12.5. The lowest BCUT2D eigenvalue weighted by molar-refractivity contribution is 0.0695. The van der Waals surface area contributed by atoms with Crippen LogP contribution in [0.5, 0.6) is 11.5 Å². The van der Waals surface area contributed by atoms with Gasteiger partial charge in [0.25, 0.3) is 0 Å². The van der Waals surface area contributed by atoms with Gasteiger partial charge in [-0.2, -0.15) is 0 Å². The Hall–Kier alpha value is -3.03. The fraction of sp³-hybridized carbons (Fsp3) is 0.500. The van der Waals surface area contributed by atoms with Gasteiger partial charge in [0.2, 0.25) is 0 Å². The van der Waals surface area contributed by atoms with Crippen molar-refractivity contribution >= 4 is 14.3 Å². The Bertz CT molecular complexity index is 1270. The fourth-order valence-corrected chi connectivity index (χ4v) is 6.59. The molecule has 2 aromatic carbocycles. The molecule has 0 amide bonds. The van der Waals surface area contributed by atoms with Crippen molar-refractivity contribution in [1.29, 1.82) is 0 Å². The van der Waals surface area contributed by atoms with Crippen LogP contribution in [0.2, 0.25) is 18.1 Å². The lowest BCUT2D eigenvalue weighted by Gasteiger charge is -2.42. The zero-order valence-corrected chi connectivity index (χ0v) is 27.4. The number of ether oxygens (including phenoxy) is 2. The second-order valence-corrected chi connectivity index (χ2v) is 17.2. The molecule has 0 saturated heterocycles. The monoisotopic (exact) mass is 579 g/mol. The molecule has 0 spiro atoms. The second kappa shape index (κ2) is 13.8. The van der Waals surface area contributed by atoms with E-state index >= 15 is 0 Å². The van der Waals surface area contributed by atoms with Gasteiger partial charge in [-0.15, -0.1) is 0 Å². The van der Waals surface area contributed by atoms with Gasteiger partial charge in [0.1, 0.15) is 11.5 Å².